The van der Waals surface area contributed by atoms with Crippen molar-refractivity contribution in [2.75, 3.05) is 5.75 Å². The molecule has 2 unspecified atom stereocenters. The van der Waals surface area contributed by atoms with E-state index in [9.17, 15) is 14.7 Å². The fourth-order valence-corrected chi connectivity index (χ4v) is 4.28. The molecule has 2 fully saturated rings. The molecule has 1 saturated carbocycles. The van der Waals surface area contributed by atoms with E-state index in [1.807, 2.05) is 12.1 Å². The number of carboxylic acids is 1. The first-order valence-electron chi connectivity index (χ1n) is 7.08. The third-order valence-corrected chi connectivity index (χ3v) is 5.48. The first-order chi connectivity index (χ1) is 10.1. The molecule has 6 heteroatoms. The number of hydrogen-bond donors (Lipinski definition) is 2. The Morgan fingerprint density at radius 1 is 1.29 bits per heavy atom. The topological polar surface area (TPSA) is 83.6 Å². The Morgan fingerprint density at radius 2 is 1.95 bits per heavy atom. The van der Waals surface area contributed by atoms with Gasteiger partial charge in [-0.15, -0.1) is 11.8 Å². The number of nitrogens with zero attached hydrogens (tertiary/aromatic N) is 1. The average molecular weight is 306 g/mol. The van der Waals surface area contributed by atoms with Gasteiger partial charge in [0.25, 0.3) is 5.91 Å². The van der Waals surface area contributed by atoms with Crippen LogP contribution in [0.1, 0.15) is 28.8 Å². The zero-order chi connectivity index (χ0) is 15.0. The van der Waals surface area contributed by atoms with Gasteiger partial charge >= 0.3 is 5.97 Å². The molecule has 3 N–H and O–H groups in total. The highest BCUT2D eigenvalue weighted by Crippen LogP contribution is 2.45. The normalized spacial score (nSPS) is 25.1. The molecule has 1 aliphatic heterocycles. The summed E-state index contributed by atoms with van der Waals surface area (Å²) in [5.74, 6) is -0.180. The number of nitrogens with two attached hydrogens (primary N) is 1. The van der Waals surface area contributed by atoms with Gasteiger partial charge in [-0.3, -0.25) is 4.79 Å². The summed E-state index contributed by atoms with van der Waals surface area (Å²) in [7, 11) is 0. The smallest absolute Gasteiger partial charge is 0.327 e. The Kier molecular flexibility index (Phi) is 3.91. The molecule has 1 saturated heterocycles. The highest BCUT2D eigenvalue weighted by Gasteiger charge is 2.48. The molecule has 3 rings (SSSR count). The van der Waals surface area contributed by atoms with Gasteiger partial charge in [-0.25, -0.2) is 4.79 Å². The molecule has 112 valence electrons. The molecule has 21 heavy (non-hydrogen) atoms. The van der Waals surface area contributed by atoms with Crippen LogP contribution in [0.2, 0.25) is 0 Å². The van der Waals surface area contributed by atoms with Crippen molar-refractivity contribution in [1.29, 1.82) is 0 Å². The molecule has 1 amide bonds. The molecule has 5 nitrogen and oxygen atoms in total. The van der Waals surface area contributed by atoms with Crippen LogP contribution in [0.25, 0.3) is 0 Å². The lowest BCUT2D eigenvalue weighted by Crippen LogP contribution is -2.46. The second-order valence-electron chi connectivity index (χ2n) is 5.53. The van der Waals surface area contributed by atoms with Gasteiger partial charge in [0, 0.05) is 17.9 Å². The highest BCUT2D eigenvalue weighted by atomic mass is 32.2. The third-order valence-electron chi connectivity index (χ3n) is 4.02. The second-order valence-corrected chi connectivity index (χ2v) is 6.68. The molecule has 1 heterocycles. The Balaban J connectivity index is 1.86. The van der Waals surface area contributed by atoms with E-state index in [1.54, 1.807) is 28.8 Å². The minimum atomic E-state index is -0.919. The maximum Gasteiger partial charge on any atom is 0.327 e. The van der Waals surface area contributed by atoms with Gasteiger partial charge in [0.2, 0.25) is 0 Å². The molecule has 2 aliphatic rings. The maximum atomic E-state index is 12.7. The summed E-state index contributed by atoms with van der Waals surface area (Å²) in [5.41, 5.74) is 7.04. The van der Waals surface area contributed by atoms with Crippen LogP contribution in [0.15, 0.2) is 24.3 Å². The molecule has 0 spiro atoms. The lowest BCUT2D eigenvalue weighted by molar-refractivity contribution is -0.141. The second kappa shape index (κ2) is 5.69. The number of carboxylic acid groups (broad SMARTS) is 1. The van der Waals surface area contributed by atoms with Crippen molar-refractivity contribution in [2.45, 2.75) is 30.8 Å². The number of carbonyl (C=O) groups is 2. The van der Waals surface area contributed by atoms with Crippen molar-refractivity contribution < 1.29 is 14.7 Å². The summed E-state index contributed by atoms with van der Waals surface area (Å²) in [6.45, 7) is 0.427. The Labute approximate surface area is 127 Å². The van der Waals surface area contributed by atoms with Crippen LogP contribution in [0.3, 0.4) is 0 Å². The van der Waals surface area contributed by atoms with E-state index >= 15 is 0 Å². The summed E-state index contributed by atoms with van der Waals surface area (Å²) in [6.07, 6.45) is 2.17. The molecule has 1 aromatic carbocycles. The molecular formula is C15H18N2O3S. The minimum Gasteiger partial charge on any atom is -0.480 e. The predicted octanol–water partition coefficient (Wildman–Crippen LogP) is 1.52. The number of hydrogen-bond acceptors (Lipinski definition) is 4. The van der Waals surface area contributed by atoms with Gasteiger partial charge in [0.15, 0.2) is 0 Å². The summed E-state index contributed by atoms with van der Waals surface area (Å²) in [6, 6.07) is 6.38. The van der Waals surface area contributed by atoms with Gasteiger partial charge in [0.1, 0.15) is 6.04 Å². The van der Waals surface area contributed by atoms with Crippen LogP contribution in [0, 0.1) is 5.92 Å². The molecule has 0 bridgehead atoms. The van der Waals surface area contributed by atoms with Crippen LogP contribution in [0.4, 0.5) is 0 Å². The molecular weight excluding hydrogens is 288 g/mol. The summed E-state index contributed by atoms with van der Waals surface area (Å²) in [5, 5.41) is 9.37. The van der Waals surface area contributed by atoms with Crippen LogP contribution in [-0.2, 0) is 11.3 Å². The predicted molar refractivity (Wildman–Crippen MR) is 80.9 cm³/mol. The fourth-order valence-electron chi connectivity index (χ4n) is 2.65. The van der Waals surface area contributed by atoms with Crippen molar-refractivity contribution >= 4 is 23.6 Å². The molecule has 0 radical (unpaired) electrons. The molecule has 1 aliphatic carbocycles. The van der Waals surface area contributed by atoms with Gasteiger partial charge in [0.05, 0.1) is 5.37 Å². The standard InChI is InChI=1S/C15H18N2O3S/c16-7-9-1-3-10(4-2-9)13(18)17-12(15(19)20)8-21-14(17)11-5-6-11/h1-4,11-12,14H,5-8,16H2,(H,19,20). The third kappa shape index (κ3) is 2.78. The van der Waals surface area contributed by atoms with Gasteiger partial charge in [-0.1, -0.05) is 12.1 Å². The van der Waals surface area contributed by atoms with Gasteiger partial charge in [-0.05, 0) is 36.5 Å². The number of amides is 1. The van der Waals surface area contributed by atoms with Gasteiger partial charge < -0.3 is 15.7 Å². The van der Waals surface area contributed by atoms with Crippen molar-refractivity contribution in [3.63, 3.8) is 0 Å². The minimum absolute atomic E-state index is 0.00721. The van der Waals surface area contributed by atoms with Crippen molar-refractivity contribution in [2.24, 2.45) is 11.7 Å². The van der Waals surface area contributed by atoms with Crippen LogP contribution < -0.4 is 5.73 Å². The summed E-state index contributed by atoms with van der Waals surface area (Å²) < 4.78 is 0. The van der Waals surface area contributed by atoms with E-state index < -0.39 is 12.0 Å². The number of thioether (sulfide) groups is 1. The average Bonchev–Trinajstić information content (AvgIpc) is 3.24. The Bertz CT molecular complexity index is 557. The first kappa shape index (κ1) is 14.4. The summed E-state index contributed by atoms with van der Waals surface area (Å²) in [4.78, 5) is 25.7. The monoisotopic (exact) mass is 306 g/mol. The number of aliphatic carboxylic acids is 1. The molecule has 0 aromatic heterocycles. The van der Waals surface area contributed by atoms with E-state index in [4.69, 9.17) is 5.73 Å². The van der Waals surface area contributed by atoms with Gasteiger partial charge in [-0.2, -0.15) is 0 Å². The van der Waals surface area contributed by atoms with Crippen molar-refractivity contribution in [1.82, 2.24) is 4.90 Å². The number of benzene rings is 1. The van der Waals surface area contributed by atoms with Crippen LogP contribution >= 0.6 is 11.8 Å². The quantitative estimate of drug-likeness (QED) is 0.881. The van der Waals surface area contributed by atoms with Crippen molar-refractivity contribution in [3.8, 4) is 0 Å². The fraction of sp³-hybridized carbons (Fsp3) is 0.467. The van der Waals surface area contributed by atoms with E-state index in [1.165, 1.54) is 0 Å². The van der Waals surface area contributed by atoms with E-state index in [2.05, 4.69) is 0 Å². The zero-order valence-electron chi connectivity index (χ0n) is 11.6. The lowest BCUT2D eigenvalue weighted by Gasteiger charge is -2.27. The molecule has 1 aromatic rings. The van der Waals surface area contributed by atoms with E-state index in [0.717, 1.165) is 18.4 Å². The lowest BCUT2D eigenvalue weighted by atomic mass is 10.1. The maximum absolute atomic E-state index is 12.7. The highest BCUT2D eigenvalue weighted by molar-refractivity contribution is 8.00. The zero-order valence-corrected chi connectivity index (χ0v) is 12.4. The van der Waals surface area contributed by atoms with Crippen LogP contribution in [0.5, 0.6) is 0 Å². The van der Waals surface area contributed by atoms with E-state index in [-0.39, 0.29) is 11.3 Å². The first-order valence-corrected chi connectivity index (χ1v) is 8.12. The number of carbonyl (C=O) groups excluding carboxylic acids is 1. The van der Waals surface area contributed by atoms with Crippen molar-refractivity contribution in [3.05, 3.63) is 35.4 Å². The largest absolute Gasteiger partial charge is 0.480 e. The summed E-state index contributed by atoms with van der Waals surface area (Å²) >= 11 is 1.59. The Hall–Kier alpha value is -1.53. The van der Waals surface area contributed by atoms with Crippen LogP contribution in [-0.4, -0.2) is 39.1 Å². The van der Waals surface area contributed by atoms with E-state index in [0.29, 0.717) is 23.8 Å². The Morgan fingerprint density at radius 3 is 2.48 bits per heavy atom. The SMILES string of the molecule is NCc1ccc(C(=O)N2C(C(=O)O)CSC2C2CC2)cc1. The molecule has 2 atom stereocenters. The number of rotatable bonds is 4.